The Morgan fingerprint density at radius 1 is 1.20 bits per heavy atom. The molecule has 10 heteroatoms. The number of halogens is 1. The fourth-order valence-electron chi connectivity index (χ4n) is 5.11. The lowest BCUT2D eigenvalue weighted by Gasteiger charge is -2.40. The average molecular weight is 577 g/mol. The minimum atomic E-state index is -1.06. The van der Waals surface area contributed by atoms with Crippen molar-refractivity contribution in [1.29, 1.82) is 5.41 Å². The Morgan fingerprint density at radius 3 is 2.58 bits per heavy atom. The van der Waals surface area contributed by atoms with Gasteiger partial charge in [-0.25, -0.2) is 4.99 Å². The summed E-state index contributed by atoms with van der Waals surface area (Å²) < 4.78 is 0. The first kappa shape index (κ1) is 28.2. The van der Waals surface area contributed by atoms with Gasteiger partial charge in [-0.1, -0.05) is 54.1 Å². The molecule has 1 fully saturated rings. The Balaban J connectivity index is 1.22. The van der Waals surface area contributed by atoms with E-state index in [0.29, 0.717) is 44.7 Å². The number of likely N-dealkylation sites (tertiary alicyclic amines) is 1. The monoisotopic (exact) mass is 576 g/mol. The van der Waals surface area contributed by atoms with Crippen LogP contribution in [0.1, 0.15) is 29.5 Å². The van der Waals surface area contributed by atoms with Gasteiger partial charge in [0.25, 0.3) is 5.91 Å². The fourth-order valence-corrected chi connectivity index (χ4v) is 6.08. The molecule has 40 heavy (non-hydrogen) atoms. The van der Waals surface area contributed by atoms with E-state index in [2.05, 4.69) is 38.8 Å². The predicted molar refractivity (Wildman–Crippen MR) is 162 cm³/mol. The zero-order chi connectivity index (χ0) is 28.3. The minimum absolute atomic E-state index is 0.0924. The van der Waals surface area contributed by atoms with E-state index in [1.165, 1.54) is 16.1 Å². The van der Waals surface area contributed by atoms with Crippen molar-refractivity contribution in [2.45, 2.75) is 31.5 Å². The van der Waals surface area contributed by atoms with Crippen LogP contribution in [0.3, 0.4) is 0 Å². The third-order valence-electron chi connectivity index (χ3n) is 7.51. The normalized spacial score (nSPS) is 18.8. The lowest BCUT2D eigenvalue weighted by atomic mass is 9.90. The molecule has 8 nitrogen and oxygen atoms in total. The van der Waals surface area contributed by atoms with Crippen LogP contribution in [-0.4, -0.2) is 65.1 Å². The van der Waals surface area contributed by atoms with E-state index < -0.39 is 11.5 Å². The van der Waals surface area contributed by atoms with Crippen molar-refractivity contribution < 1.29 is 9.90 Å². The molecule has 208 valence electrons. The Labute approximate surface area is 243 Å². The number of amides is 1. The number of hydrogen-bond acceptors (Lipinski definition) is 8. The first-order valence-electron chi connectivity index (χ1n) is 13.2. The van der Waals surface area contributed by atoms with Crippen molar-refractivity contribution in [3.05, 3.63) is 87.4 Å². The molecule has 1 amide bonds. The summed E-state index contributed by atoms with van der Waals surface area (Å²) in [6, 6.07) is 17.9. The second kappa shape index (κ2) is 12.0. The highest BCUT2D eigenvalue weighted by atomic mass is 35.5. The molecule has 0 aliphatic carbocycles. The molecule has 3 aromatic rings. The van der Waals surface area contributed by atoms with Crippen molar-refractivity contribution >= 4 is 46.6 Å². The quantitative estimate of drug-likeness (QED) is 0.318. The molecule has 1 aromatic heterocycles. The Hall–Kier alpha value is -3.34. The molecule has 5 N–H and O–H groups in total. The van der Waals surface area contributed by atoms with E-state index in [-0.39, 0.29) is 18.0 Å². The van der Waals surface area contributed by atoms with E-state index in [9.17, 15) is 9.90 Å². The molecule has 3 heterocycles. The lowest BCUT2D eigenvalue weighted by Crippen LogP contribution is -2.53. The molecule has 0 bridgehead atoms. The SMILES string of the molecule is CN/C(=C1/N=CN(CC2(O)CCN(Cc3ccc(-c4cccs4)cc3Cl)CC2)C(=O)C1=N)c1ccc(CN)cc1. The Morgan fingerprint density at radius 2 is 1.95 bits per heavy atom. The number of carbonyl (C=O) groups is 1. The number of nitrogens with zero attached hydrogens (tertiary/aromatic N) is 3. The summed E-state index contributed by atoms with van der Waals surface area (Å²) in [5.74, 6) is -0.482. The van der Waals surface area contributed by atoms with Crippen LogP contribution >= 0.6 is 22.9 Å². The Bertz CT molecular complexity index is 1440. The number of nitrogens with one attached hydrogen (secondary N) is 2. The van der Waals surface area contributed by atoms with Gasteiger partial charge in [-0.2, -0.15) is 0 Å². The van der Waals surface area contributed by atoms with Gasteiger partial charge in [0.1, 0.15) is 11.4 Å². The summed E-state index contributed by atoms with van der Waals surface area (Å²) in [7, 11) is 1.74. The number of hydrogen-bond donors (Lipinski definition) is 4. The molecule has 2 aromatic carbocycles. The molecule has 0 atom stereocenters. The van der Waals surface area contributed by atoms with E-state index in [0.717, 1.165) is 27.3 Å². The summed E-state index contributed by atoms with van der Waals surface area (Å²) in [4.78, 5) is 22.4. The maximum atomic E-state index is 13.2. The van der Waals surface area contributed by atoms with Gasteiger partial charge in [0, 0.05) is 43.1 Å². The van der Waals surface area contributed by atoms with Crippen molar-refractivity contribution in [3.63, 3.8) is 0 Å². The van der Waals surface area contributed by atoms with Crippen LogP contribution < -0.4 is 11.1 Å². The third kappa shape index (κ3) is 6.04. The van der Waals surface area contributed by atoms with Gasteiger partial charge in [-0.15, -0.1) is 11.3 Å². The average Bonchev–Trinajstić information content (AvgIpc) is 3.51. The maximum absolute atomic E-state index is 13.2. The highest BCUT2D eigenvalue weighted by Crippen LogP contribution is 2.31. The molecule has 2 aliphatic heterocycles. The van der Waals surface area contributed by atoms with Crippen LogP contribution in [0.5, 0.6) is 0 Å². The first-order chi connectivity index (χ1) is 19.3. The van der Waals surface area contributed by atoms with E-state index in [4.69, 9.17) is 22.7 Å². The van der Waals surface area contributed by atoms with E-state index in [1.54, 1.807) is 18.4 Å². The van der Waals surface area contributed by atoms with Crippen LogP contribution in [0.2, 0.25) is 5.02 Å². The van der Waals surface area contributed by atoms with Crippen LogP contribution in [0.25, 0.3) is 16.1 Å². The molecular weight excluding hydrogens is 544 g/mol. The van der Waals surface area contributed by atoms with Crippen LogP contribution in [0, 0.1) is 5.41 Å². The number of benzene rings is 2. The highest BCUT2D eigenvalue weighted by Gasteiger charge is 2.38. The summed E-state index contributed by atoms with van der Waals surface area (Å²) >= 11 is 8.30. The maximum Gasteiger partial charge on any atom is 0.279 e. The molecular formula is C30H33ClN6O2S. The summed E-state index contributed by atoms with van der Waals surface area (Å²) in [6.07, 6.45) is 2.43. The Kier molecular flexibility index (Phi) is 8.48. The number of carbonyl (C=O) groups excluding carboxylic acids is 1. The first-order valence-corrected chi connectivity index (χ1v) is 14.5. The van der Waals surface area contributed by atoms with Gasteiger partial charge < -0.3 is 16.2 Å². The van der Waals surface area contributed by atoms with E-state index >= 15 is 0 Å². The largest absolute Gasteiger partial charge is 0.388 e. The topological polar surface area (TPSA) is 118 Å². The lowest BCUT2D eigenvalue weighted by molar-refractivity contribution is -0.124. The summed E-state index contributed by atoms with van der Waals surface area (Å²) in [5.41, 5.74) is 9.25. The van der Waals surface area contributed by atoms with Gasteiger partial charge in [-0.05, 0) is 52.6 Å². The zero-order valence-corrected chi connectivity index (χ0v) is 23.9. The second-order valence-electron chi connectivity index (χ2n) is 10.2. The number of thiophene rings is 1. The molecule has 0 radical (unpaired) electrons. The van der Waals surface area contributed by atoms with Crippen molar-refractivity contribution in [2.75, 3.05) is 26.7 Å². The van der Waals surface area contributed by atoms with Gasteiger partial charge >= 0.3 is 0 Å². The number of aliphatic imine (C=N–C) groups is 1. The summed E-state index contributed by atoms with van der Waals surface area (Å²) in [6.45, 7) is 2.56. The van der Waals surface area contributed by atoms with Crippen molar-refractivity contribution in [2.24, 2.45) is 10.7 Å². The molecule has 2 aliphatic rings. The number of aliphatic hydroxyl groups is 1. The molecule has 5 rings (SSSR count). The minimum Gasteiger partial charge on any atom is -0.388 e. The molecule has 0 unspecified atom stereocenters. The van der Waals surface area contributed by atoms with Crippen LogP contribution in [0.4, 0.5) is 0 Å². The standard InChI is InChI=1S/C30H33ClN6O2S/c1-34-27(21-6-4-20(16-32)5-7-21)28-26(33)29(38)37(19-35-28)18-30(39)10-12-36(13-11-30)17-23-9-8-22(15-24(23)31)25-3-2-14-40-25/h2-9,14-15,19,33-34,39H,10-13,16-18,32H2,1H3/b28-27+,33-26?. The highest BCUT2D eigenvalue weighted by molar-refractivity contribution is 7.13. The summed E-state index contributed by atoms with van der Waals surface area (Å²) in [5, 5.41) is 25.7. The van der Waals surface area contributed by atoms with Gasteiger partial charge in [-0.3, -0.25) is 20.0 Å². The number of rotatable bonds is 8. The fraction of sp³-hybridized carbons (Fsp3) is 0.300. The smallest absolute Gasteiger partial charge is 0.279 e. The van der Waals surface area contributed by atoms with E-state index in [1.807, 2.05) is 36.4 Å². The van der Waals surface area contributed by atoms with Gasteiger partial charge in [0.2, 0.25) is 0 Å². The molecule has 0 spiro atoms. The van der Waals surface area contributed by atoms with Gasteiger partial charge in [0.15, 0.2) is 0 Å². The third-order valence-corrected chi connectivity index (χ3v) is 8.78. The molecule has 0 saturated carbocycles. The number of nitrogens with two attached hydrogens (primary N) is 1. The van der Waals surface area contributed by atoms with Crippen molar-refractivity contribution in [3.8, 4) is 10.4 Å². The second-order valence-corrected chi connectivity index (χ2v) is 11.6. The predicted octanol–water partition coefficient (Wildman–Crippen LogP) is 4.33. The zero-order valence-electron chi connectivity index (χ0n) is 22.4. The van der Waals surface area contributed by atoms with Crippen molar-refractivity contribution in [1.82, 2.24) is 15.1 Å². The van der Waals surface area contributed by atoms with Crippen LogP contribution in [0.15, 0.2) is 70.7 Å². The number of piperidine rings is 1. The number of β-amino-alcohol motifs (C(OH)–C–C–N with tert-alkyl or cyclic N) is 1. The van der Waals surface area contributed by atoms with Crippen LogP contribution in [-0.2, 0) is 17.9 Å². The molecule has 1 saturated heterocycles. The van der Waals surface area contributed by atoms with Gasteiger partial charge in [0.05, 0.1) is 24.2 Å².